The van der Waals surface area contributed by atoms with Gasteiger partial charge in [-0.05, 0) is 13.0 Å². The predicted octanol–water partition coefficient (Wildman–Crippen LogP) is 1.28. The van der Waals surface area contributed by atoms with Crippen LogP contribution in [0.4, 0.5) is 0 Å². The molecule has 1 atom stereocenters. The van der Waals surface area contributed by atoms with Crippen LogP contribution in [0.15, 0.2) is 12.3 Å². The average Bonchev–Trinajstić information content (AvgIpc) is 2.13. The molecule has 3 nitrogen and oxygen atoms in total. The van der Waals surface area contributed by atoms with Gasteiger partial charge in [-0.25, -0.2) is 0 Å². The molecule has 0 fully saturated rings. The molecule has 5 heteroatoms. The Morgan fingerprint density at radius 2 is 2.09 bits per heavy atom. The molecule has 0 spiro atoms. The number of aromatic nitrogens is 2. The van der Waals surface area contributed by atoms with Crippen molar-refractivity contribution in [2.45, 2.75) is 13.0 Å². The van der Waals surface area contributed by atoms with E-state index in [1.165, 1.54) is 0 Å². The number of halogens is 2. The van der Waals surface area contributed by atoms with E-state index in [0.29, 0.717) is 0 Å². The van der Waals surface area contributed by atoms with Crippen LogP contribution in [-0.2, 0) is 7.05 Å². The van der Waals surface area contributed by atoms with Crippen molar-refractivity contribution in [1.29, 1.82) is 0 Å². The average molecular weight is 198 g/mol. The molecule has 1 heterocycles. The molecule has 1 aromatic rings. The van der Waals surface area contributed by atoms with Gasteiger partial charge in [0.1, 0.15) is 0 Å². The summed E-state index contributed by atoms with van der Waals surface area (Å²) in [5.41, 5.74) is 6.66. The van der Waals surface area contributed by atoms with E-state index in [9.17, 15) is 0 Å². The number of rotatable bonds is 1. The molecule has 0 aromatic carbocycles. The maximum Gasteiger partial charge on any atom is 0.0545 e. The van der Waals surface area contributed by atoms with Crippen LogP contribution in [0, 0.1) is 0 Å². The topological polar surface area (TPSA) is 43.8 Å². The predicted molar refractivity (Wildman–Crippen MR) is 50.3 cm³/mol. The highest BCUT2D eigenvalue weighted by Crippen LogP contribution is 2.05. The number of hydrogen-bond acceptors (Lipinski definition) is 2. The van der Waals surface area contributed by atoms with Gasteiger partial charge in [-0.15, -0.1) is 24.8 Å². The molecule has 1 aromatic heterocycles. The summed E-state index contributed by atoms with van der Waals surface area (Å²) in [7, 11) is 1.89. The Morgan fingerprint density at radius 3 is 2.27 bits per heavy atom. The minimum absolute atomic E-state index is 0. The fourth-order valence-electron chi connectivity index (χ4n) is 0.831. The summed E-state index contributed by atoms with van der Waals surface area (Å²) >= 11 is 0. The first-order valence-electron chi connectivity index (χ1n) is 2.95. The zero-order valence-electron chi connectivity index (χ0n) is 6.52. The third-order valence-corrected chi connectivity index (χ3v) is 1.33. The van der Waals surface area contributed by atoms with Crippen molar-refractivity contribution in [3.05, 3.63) is 18.0 Å². The summed E-state index contributed by atoms with van der Waals surface area (Å²) < 4.78 is 1.78. The van der Waals surface area contributed by atoms with E-state index in [2.05, 4.69) is 5.10 Å². The first kappa shape index (κ1) is 13.3. The highest BCUT2D eigenvalue weighted by Gasteiger charge is 2.01. The lowest BCUT2D eigenvalue weighted by Gasteiger charge is -2.03. The van der Waals surface area contributed by atoms with Crippen LogP contribution < -0.4 is 5.73 Å². The Labute approximate surface area is 78.8 Å². The number of nitrogens with zero attached hydrogens (tertiary/aromatic N) is 2. The number of nitrogens with two attached hydrogens (primary N) is 1. The molecule has 0 amide bonds. The van der Waals surface area contributed by atoms with Crippen molar-refractivity contribution in [3.8, 4) is 0 Å². The van der Waals surface area contributed by atoms with E-state index >= 15 is 0 Å². The van der Waals surface area contributed by atoms with E-state index in [1.54, 1.807) is 10.9 Å². The van der Waals surface area contributed by atoms with Gasteiger partial charge in [-0.1, -0.05) is 0 Å². The third-order valence-electron chi connectivity index (χ3n) is 1.33. The van der Waals surface area contributed by atoms with Crippen LogP contribution in [0.3, 0.4) is 0 Å². The molecule has 0 aliphatic carbocycles. The van der Waals surface area contributed by atoms with Crippen molar-refractivity contribution in [2.75, 3.05) is 0 Å². The molecule has 0 saturated heterocycles. The summed E-state index contributed by atoms with van der Waals surface area (Å²) in [5, 5.41) is 3.97. The Balaban J connectivity index is 0. The molecule has 1 unspecified atom stereocenters. The quantitative estimate of drug-likeness (QED) is 0.738. The van der Waals surface area contributed by atoms with Gasteiger partial charge < -0.3 is 5.73 Å². The molecular weight excluding hydrogens is 185 g/mol. The second-order valence-corrected chi connectivity index (χ2v) is 2.17. The van der Waals surface area contributed by atoms with Gasteiger partial charge in [-0.2, -0.15) is 5.10 Å². The fraction of sp³-hybridized carbons (Fsp3) is 0.500. The van der Waals surface area contributed by atoms with Gasteiger partial charge in [-0.3, -0.25) is 4.68 Å². The van der Waals surface area contributed by atoms with Crippen LogP contribution >= 0.6 is 24.8 Å². The van der Waals surface area contributed by atoms with Gasteiger partial charge in [0.05, 0.1) is 5.69 Å². The van der Waals surface area contributed by atoms with E-state index in [0.717, 1.165) is 5.69 Å². The number of hydrogen-bond donors (Lipinski definition) is 1. The maximum atomic E-state index is 5.60. The minimum atomic E-state index is 0. The Morgan fingerprint density at radius 1 is 1.55 bits per heavy atom. The molecule has 2 N–H and O–H groups in total. The van der Waals surface area contributed by atoms with Gasteiger partial charge in [0.25, 0.3) is 0 Å². The monoisotopic (exact) mass is 197 g/mol. The summed E-state index contributed by atoms with van der Waals surface area (Å²) in [4.78, 5) is 0. The second kappa shape index (κ2) is 5.41. The van der Waals surface area contributed by atoms with Crippen molar-refractivity contribution < 1.29 is 0 Å². The first-order chi connectivity index (χ1) is 4.22. The van der Waals surface area contributed by atoms with Crippen LogP contribution in [0.1, 0.15) is 18.7 Å². The lowest BCUT2D eigenvalue weighted by atomic mass is 10.2. The molecule has 0 aliphatic heterocycles. The molecule has 11 heavy (non-hydrogen) atoms. The SMILES string of the molecule is CC(N)c1ccnn1C.Cl.Cl. The molecular formula is C6H13Cl2N3. The van der Waals surface area contributed by atoms with Crippen molar-refractivity contribution in [1.82, 2.24) is 9.78 Å². The first-order valence-corrected chi connectivity index (χ1v) is 2.95. The van der Waals surface area contributed by atoms with Crippen molar-refractivity contribution in [2.24, 2.45) is 12.8 Å². The molecule has 0 aliphatic rings. The molecule has 1 rings (SSSR count). The Bertz CT molecular complexity index is 197. The van der Waals surface area contributed by atoms with Gasteiger partial charge >= 0.3 is 0 Å². The largest absolute Gasteiger partial charge is 0.323 e. The molecule has 66 valence electrons. The van der Waals surface area contributed by atoms with E-state index in [4.69, 9.17) is 5.73 Å². The standard InChI is InChI=1S/C6H11N3.2ClH/c1-5(7)6-3-4-8-9(6)2;;/h3-5H,7H2,1-2H3;2*1H. The summed E-state index contributed by atoms with van der Waals surface area (Å²) in [6.45, 7) is 1.94. The maximum absolute atomic E-state index is 5.60. The van der Waals surface area contributed by atoms with E-state index in [1.807, 2.05) is 20.0 Å². The highest BCUT2D eigenvalue weighted by molar-refractivity contribution is 5.85. The van der Waals surface area contributed by atoms with E-state index < -0.39 is 0 Å². The van der Waals surface area contributed by atoms with Crippen LogP contribution in [0.5, 0.6) is 0 Å². The van der Waals surface area contributed by atoms with Gasteiger partial charge in [0.15, 0.2) is 0 Å². The molecule has 0 saturated carbocycles. The van der Waals surface area contributed by atoms with Gasteiger partial charge in [0, 0.05) is 19.3 Å². The van der Waals surface area contributed by atoms with Crippen LogP contribution in [0.2, 0.25) is 0 Å². The molecule has 0 radical (unpaired) electrons. The summed E-state index contributed by atoms with van der Waals surface area (Å²) in [6.07, 6.45) is 1.75. The summed E-state index contributed by atoms with van der Waals surface area (Å²) in [6, 6.07) is 2.00. The molecule has 0 bridgehead atoms. The minimum Gasteiger partial charge on any atom is -0.323 e. The third kappa shape index (κ3) is 3.10. The van der Waals surface area contributed by atoms with Crippen LogP contribution in [-0.4, -0.2) is 9.78 Å². The smallest absolute Gasteiger partial charge is 0.0545 e. The highest BCUT2D eigenvalue weighted by atomic mass is 35.5. The zero-order valence-corrected chi connectivity index (χ0v) is 8.15. The summed E-state index contributed by atoms with van der Waals surface area (Å²) in [5.74, 6) is 0. The van der Waals surface area contributed by atoms with Gasteiger partial charge in [0.2, 0.25) is 0 Å². The lowest BCUT2D eigenvalue weighted by Crippen LogP contribution is -2.10. The van der Waals surface area contributed by atoms with Crippen molar-refractivity contribution in [3.63, 3.8) is 0 Å². The van der Waals surface area contributed by atoms with Crippen LogP contribution in [0.25, 0.3) is 0 Å². The second-order valence-electron chi connectivity index (χ2n) is 2.17. The Kier molecular flexibility index (Phi) is 6.56. The van der Waals surface area contributed by atoms with Crippen molar-refractivity contribution >= 4 is 24.8 Å². The zero-order chi connectivity index (χ0) is 6.85. The Hall–Kier alpha value is -0.250. The normalized spacial score (nSPS) is 11.2. The fourth-order valence-corrected chi connectivity index (χ4v) is 0.831. The number of aryl methyl sites for hydroxylation is 1. The van der Waals surface area contributed by atoms with E-state index in [-0.39, 0.29) is 30.9 Å². The lowest BCUT2D eigenvalue weighted by molar-refractivity contribution is 0.654.